The maximum absolute atomic E-state index is 13.2. The first-order valence-corrected chi connectivity index (χ1v) is 10.2. The minimum Gasteiger partial charge on any atom is -0.357 e. The van der Waals surface area contributed by atoms with Crippen LogP contribution in [0.25, 0.3) is 0 Å². The van der Waals surface area contributed by atoms with Crippen LogP contribution in [0.5, 0.6) is 0 Å². The fourth-order valence-corrected chi connectivity index (χ4v) is 3.37. The van der Waals surface area contributed by atoms with Crippen molar-refractivity contribution in [1.82, 2.24) is 20.4 Å². The minimum absolute atomic E-state index is 0. The van der Waals surface area contributed by atoms with Gasteiger partial charge in [-0.1, -0.05) is 13.0 Å². The van der Waals surface area contributed by atoms with E-state index in [2.05, 4.69) is 41.3 Å². The Morgan fingerprint density at radius 3 is 2.57 bits per heavy atom. The molecule has 1 atom stereocenters. The first-order chi connectivity index (χ1) is 13.0. The van der Waals surface area contributed by atoms with Crippen LogP contribution in [0.15, 0.2) is 23.2 Å². The van der Waals surface area contributed by atoms with Crippen molar-refractivity contribution >= 4 is 29.9 Å². The molecule has 1 fully saturated rings. The van der Waals surface area contributed by atoms with Crippen LogP contribution in [-0.4, -0.2) is 75.2 Å². The van der Waals surface area contributed by atoms with Gasteiger partial charge in [-0.15, -0.1) is 24.0 Å². The van der Waals surface area contributed by atoms with Crippen LogP contribution in [0.2, 0.25) is 0 Å². The van der Waals surface area contributed by atoms with Crippen molar-refractivity contribution in [2.75, 3.05) is 59.4 Å². The largest absolute Gasteiger partial charge is 0.357 e. The maximum Gasteiger partial charge on any atom is 0.191 e. The van der Waals surface area contributed by atoms with Crippen molar-refractivity contribution in [2.45, 2.75) is 27.2 Å². The van der Waals surface area contributed by atoms with Gasteiger partial charge in [0, 0.05) is 52.4 Å². The second-order valence-electron chi connectivity index (χ2n) is 7.68. The number of aryl methyl sites for hydroxylation is 1. The average Bonchev–Trinajstić information content (AvgIpc) is 2.63. The second kappa shape index (κ2) is 13.3. The Balaban J connectivity index is 0.00000392. The van der Waals surface area contributed by atoms with Gasteiger partial charge in [-0.25, -0.2) is 4.39 Å². The van der Waals surface area contributed by atoms with Crippen LogP contribution in [-0.2, 0) is 6.42 Å². The lowest BCUT2D eigenvalue weighted by molar-refractivity contribution is 0.140. The van der Waals surface area contributed by atoms with Crippen LogP contribution in [0.1, 0.15) is 25.0 Å². The molecule has 2 N–H and O–H groups in total. The predicted molar refractivity (Wildman–Crippen MR) is 127 cm³/mol. The Labute approximate surface area is 187 Å². The van der Waals surface area contributed by atoms with E-state index in [1.165, 1.54) is 11.6 Å². The fraction of sp³-hybridized carbons (Fsp3) is 0.667. The average molecular weight is 505 g/mol. The van der Waals surface area contributed by atoms with Gasteiger partial charge >= 0.3 is 0 Å². The molecule has 1 aliphatic heterocycles. The Kier molecular flexibility index (Phi) is 11.9. The van der Waals surface area contributed by atoms with Crippen LogP contribution < -0.4 is 10.6 Å². The lowest BCUT2D eigenvalue weighted by atomic mass is 10.1. The first kappa shape index (κ1) is 25.1. The molecule has 0 bridgehead atoms. The molecule has 1 unspecified atom stereocenters. The van der Waals surface area contributed by atoms with Gasteiger partial charge in [-0.05, 0) is 56.5 Å². The molecule has 0 aromatic heterocycles. The van der Waals surface area contributed by atoms with Crippen molar-refractivity contribution in [2.24, 2.45) is 10.9 Å². The Morgan fingerprint density at radius 2 is 1.93 bits per heavy atom. The summed E-state index contributed by atoms with van der Waals surface area (Å²) in [4.78, 5) is 9.68. The standard InChI is InChI=1S/C21H36FN5.HI/c1-5-23-21(24-9-8-19-6-7-20(22)14-18(19)3)25-15-17(2)16-27-12-10-26(4)11-13-27;/h6-7,14,17H,5,8-13,15-16H2,1-4H3,(H2,23,24,25);1H. The molecular formula is C21H37FIN5. The summed E-state index contributed by atoms with van der Waals surface area (Å²) in [6.45, 7) is 14.5. The molecule has 0 aliphatic carbocycles. The molecule has 0 saturated carbocycles. The van der Waals surface area contributed by atoms with Crippen molar-refractivity contribution < 1.29 is 4.39 Å². The van der Waals surface area contributed by atoms with E-state index >= 15 is 0 Å². The van der Waals surface area contributed by atoms with Crippen LogP contribution in [0.4, 0.5) is 4.39 Å². The van der Waals surface area contributed by atoms with Crippen molar-refractivity contribution in [3.63, 3.8) is 0 Å². The number of nitrogens with zero attached hydrogens (tertiary/aromatic N) is 3. The van der Waals surface area contributed by atoms with Gasteiger partial charge in [0.2, 0.25) is 0 Å². The number of aliphatic imine (C=N–C) groups is 1. The number of halogens is 2. The zero-order chi connectivity index (χ0) is 19.6. The van der Waals surface area contributed by atoms with Crippen LogP contribution in [0, 0.1) is 18.7 Å². The van der Waals surface area contributed by atoms with Gasteiger partial charge in [0.1, 0.15) is 5.82 Å². The number of rotatable bonds is 8. The van der Waals surface area contributed by atoms with Gasteiger partial charge in [0.05, 0.1) is 0 Å². The highest BCUT2D eigenvalue weighted by molar-refractivity contribution is 14.0. The fourth-order valence-electron chi connectivity index (χ4n) is 3.37. The van der Waals surface area contributed by atoms with Crippen LogP contribution >= 0.6 is 24.0 Å². The van der Waals surface area contributed by atoms with E-state index in [0.717, 1.165) is 70.3 Å². The van der Waals surface area contributed by atoms with E-state index in [1.54, 1.807) is 6.07 Å². The SMILES string of the molecule is CCNC(=NCC(C)CN1CCN(C)CC1)NCCc1ccc(F)cc1C.I. The summed E-state index contributed by atoms with van der Waals surface area (Å²) in [5.41, 5.74) is 2.17. The summed E-state index contributed by atoms with van der Waals surface area (Å²) in [7, 11) is 2.19. The number of hydrogen-bond acceptors (Lipinski definition) is 3. The molecule has 160 valence electrons. The minimum atomic E-state index is -0.173. The summed E-state index contributed by atoms with van der Waals surface area (Å²) < 4.78 is 13.2. The Bertz CT molecular complexity index is 602. The highest BCUT2D eigenvalue weighted by atomic mass is 127. The van der Waals surface area contributed by atoms with Gasteiger partial charge < -0.3 is 20.4 Å². The molecule has 1 aromatic rings. The zero-order valence-electron chi connectivity index (χ0n) is 17.8. The molecule has 2 rings (SSSR count). The normalized spacial score (nSPS) is 17.1. The van der Waals surface area contributed by atoms with Gasteiger partial charge in [0.15, 0.2) is 5.96 Å². The highest BCUT2D eigenvalue weighted by Gasteiger charge is 2.16. The first-order valence-electron chi connectivity index (χ1n) is 10.2. The highest BCUT2D eigenvalue weighted by Crippen LogP contribution is 2.10. The number of hydrogen-bond donors (Lipinski definition) is 2. The number of piperazine rings is 1. The van der Waals surface area contributed by atoms with Crippen molar-refractivity contribution in [3.05, 3.63) is 35.1 Å². The molecule has 1 aromatic carbocycles. The summed E-state index contributed by atoms with van der Waals surface area (Å²) >= 11 is 0. The summed E-state index contributed by atoms with van der Waals surface area (Å²) in [5, 5.41) is 6.72. The number of nitrogens with one attached hydrogen (secondary N) is 2. The van der Waals surface area contributed by atoms with Crippen LogP contribution in [0.3, 0.4) is 0 Å². The maximum atomic E-state index is 13.2. The van der Waals surface area contributed by atoms with E-state index in [4.69, 9.17) is 4.99 Å². The summed E-state index contributed by atoms with van der Waals surface area (Å²) in [5.74, 6) is 1.22. The molecule has 0 radical (unpaired) electrons. The van der Waals surface area contributed by atoms with Gasteiger partial charge in [-0.3, -0.25) is 4.99 Å². The lowest BCUT2D eigenvalue weighted by Crippen LogP contribution is -2.46. The molecule has 5 nitrogen and oxygen atoms in total. The quantitative estimate of drug-likeness (QED) is 0.324. The Hall–Kier alpha value is -0.930. The molecule has 1 heterocycles. The molecule has 0 amide bonds. The van der Waals surface area contributed by atoms with E-state index in [0.29, 0.717) is 5.92 Å². The summed E-state index contributed by atoms with van der Waals surface area (Å²) in [6, 6.07) is 4.99. The van der Waals surface area contributed by atoms with E-state index in [-0.39, 0.29) is 29.8 Å². The lowest BCUT2D eigenvalue weighted by Gasteiger charge is -2.33. The van der Waals surface area contributed by atoms with Gasteiger partial charge in [0.25, 0.3) is 0 Å². The molecular weight excluding hydrogens is 468 g/mol. The predicted octanol–water partition coefficient (Wildman–Crippen LogP) is 2.73. The molecule has 0 spiro atoms. The van der Waals surface area contributed by atoms with E-state index in [9.17, 15) is 4.39 Å². The molecule has 28 heavy (non-hydrogen) atoms. The van der Waals surface area contributed by atoms with Crippen molar-refractivity contribution in [1.29, 1.82) is 0 Å². The number of likely N-dealkylation sites (N-methyl/N-ethyl adjacent to an activating group) is 1. The third kappa shape index (κ3) is 9.05. The number of benzene rings is 1. The molecule has 1 saturated heterocycles. The van der Waals surface area contributed by atoms with Crippen molar-refractivity contribution in [3.8, 4) is 0 Å². The van der Waals surface area contributed by atoms with E-state index < -0.39 is 0 Å². The molecule has 1 aliphatic rings. The second-order valence-corrected chi connectivity index (χ2v) is 7.68. The Morgan fingerprint density at radius 1 is 1.21 bits per heavy atom. The third-order valence-electron chi connectivity index (χ3n) is 5.06. The topological polar surface area (TPSA) is 42.9 Å². The number of guanidine groups is 1. The smallest absolute Gasteiger partial charge is 0.191 e. The zero-order valence-corrected chi connectivity index (χ0v) is 20.1. The van der Waals surface area contributed by atoms with E-state index in [1.807, 2.05) is 13.0 Å². The summed E-state index contributed by atoms with van der Waals surface area (Å²) in [6.07, 6.45) is 0.855. The monoisotopic (exact) mass is 505 g/mol. The van der Waals surface area contributed by atoms with Gasteiger partial charge in [-0.2, -0.15) is 0 Å². The molecule has 7 heteroatoms. The third-order valence-corrected chi connectivity index (χ3v) is 5.06.